The molecule has 1 aliphatic rings. The van der Waals surface area contributed by atoms with Crippen LogP contribution in [0.2, 0.25) is 0 Å². The van der Waals surface area contributed by atoms with Crippen molar-refractivity contribution in [2.24, 2.45) is 0 Å². The molecule has 142 valence electrons. The SMILES string of the molecule is CC1CN(Cc2ccc(C(=O)NO)cc2)CC(C)N1C(=O)c1ccccn1. The van der Waals surface area contributed by atoms with Crippen LogP contribution >= 0.6 is 0 Å². The van der Waals surface area contributed by atoms with Crippen LogP contribution in [0.15, 0.2) is 48.7 Å². The van der Waals surface area contributed by atoms with Crippen molar-refractivity contribution in [3.63, 3.8) is 0 Å². The second-order valence-electron chi connectivity index (χ2n) is 6.96. The van der Waals surface area contributed by atoms with Gasteiger partial charge in [-0.05, 0) is 43.7 Å². The minimum Gasteiger partial charge on any atom is -0.329 e. The average molecular weight is 368 g/mol. The largest absolute Gasteiger partial charge is 0.329 e. The minimum atomic E-state index is -0.523. The smallest absolute Gasteiger partial charge is 0.274 e. The van der Waals surface area contributed by atoms with Crippen molar-refractivity contribution in [1.29, 1.82) is 0 Å². The van der Waals surface area contributed by atoms with Gasteiger partial charge >= 0.3 is 0 Å². The molecule has 0 saturated carbocycles. The van der Waals surface area contributed by atoms with Gasteiger partial charge in [0.2, 0.25) is 0 Å². The van der Waals surface area contributed by atoms with E-state index in [-0.39, 0.29) is 18.0 Å². The Kier molecular flexibility index (Phi) is 5.83. The molecule has 2 atom stereocenters. The molecule has 1 aliphatic heterocycles. The highest BCUT2D eigenvalue weighted by Crippen LogP contribution is 2.20. The lowest BCUT2D eigenvalue weighted by Gasteiger charge is -2.44. The number of carbonyl (C=O) groups is 2. The molecule has 27 heavy (non-hydrogen) atoms. The molecule has 1 aromatic carbocycles. The van der Waals surface area contributed by atoms with Gasteiger partial charge in [0.25, 0.3) is 11.8 Å². The molecule has 3 rings (SSSR count). The Hall–Kier alpha value is -2.77. The molecule has 7 heteroatoms. The van der Waals surface area contributed by atoms with Crippen LogP contribution in [0.1, 0.15) is 40.3 Å². The highest BCUT2D eigenvalue weighted by molar-refractivity contribution is 5.93. The fourth-order valence-electron chi connectivity index (χ4n) is 3.67. The number of carbonyl (C=O) groups excluding carboxylic acids is 2. The van der Waals surface area contributed by atoms with Gasteiger partial charge < -0.3 is 4.90 Å². The van der Waals surface area contributed by atoms with E-state index in [1.165, 1.54) is 0 Å². The zero-order valence-electron chi connectivity index (χ0n) is 15.5. The maximum absolute atomic E-state index is 12.8. The van der Waals surface area contributed by atoms with Crippen molar-refractivity contribution in [2.75, 3.05) is 13.1 Å². The van der Waals surface area contributed by atoms with E-state index in [0.717, 1.165) is 25.2 Å². The van der Waals surface area contributed by atoms with Gasteiger partial charge in [-0.2, -0.15) is 0 Å². The van der Waals surface area contributed by atoms with Crippen LogP contribution in [-0.2, 0) is 6.54 Å². The average Bonchev–Trinajstić information content (AvgIpc) is 2.68. The van der Waals surface area contributed by atoms with E-state index in [1.807, 2.05) is 23.1 Å². The lowest BCUT2D eigenvalue weighted by Crippen LogP contribution is -2.58. The van der Waals surface area contributed by atoms with E-state index < -0.39 is 5.91 Å². The Labute approximate surface area is 158 Å². The van der Waals surface area contributed by atoms with E-state index in [1.54, 1.807) is 35.9 Å². The lowest BCUT2D eigenvalue weighted by atomic mass is 10.1. The molecule has 0 bridgehead atoms. The number of piperazine rings is 1. The zero-order valence-corrected chi connectivity index (χ0v) is 15.5. The summed E-state index contributed by atoms with van der Waals surface area (Å²) in [6.07, 6.45) is 1.64. The van der Waals surface area contributed by atoms with Crippen molar-refractivity contribution in [3.8, 4) is 0 Å². The fraction of sp³-hybridized carbons (Fsp3) is 0.350. The summed E-state index contributed by atoms with van der Waals surface area (Å²) in [6.45, 7) is 6.38. The second kappa shape index (κ2) is 8.28. The Morgan fingerprint density at radius 1 is 1.11 bits per heavy atom. The van der Waals surface area contributed by atoms with E-state index in [2.05, 4.69) is 23.7 Å². The molecule has 2 aromatic rings. The highest BCUT2D eigenvalue weighted by atomic mass is 16.5. The van der Waals surface area contributed by atoms with Gasteiger partial charge in [0.1, 0.15) is 5.69 Å². The number of hydrogen-bond donors (Lipinski definition) is 2. The molecule has 1 saturated heterocycles. The molecule has 7 nitrogen and oxygen atoms in total. The number of nitrogens with zero attached hydrogens (tertiary/aromatic N) is 3. The molecular weight excluding hydrogens is 344 g/mol. The van der Waals surface area contributed by atoms with E-state index in [0.29, 0.717) is 11.3 Å². The van der Waals surface area contributed by atoms with Crippen molar-refractivity contribution < 1.29 is 14.8 Å². The standard InChI is InChI=1S/C20H24N4O3/c1-14-11-23(13-16-6-8-17(9-7-16)19(25)22-27)12-15(2)24(14)20(26)18-5-3-4-10-21-18/h3-10,14-15,27H,11-13H2,1-2H3,(H,22,25). The number of hydrogen-bond acceptors (Lipinski definition) is 5. The molecule has 2 N–H and O–H groups in total. The van der Waals surface area contributed by atoms with Gasteiger partial charge in [0.05, 0.1) is 0 Å². The summed E-state index contributed by atoms with van der Waals surface area (Å²) < 4.78 is 0. The van der Waals surface area contributed by atoms with Crippen LogP contribution in [0.3, 0.4) is 0 Å². The van der Waals surface area contributed by atoms with Crippen molar-refractivity contribution in [2.45, 2.75) is 32.5 Å². The first kappa shape index (κ1) is 19.0. The Bertz CT molecular complexity index is 783. The maximum atomic E-state index is 12.8. The summed E-state index contributed by atoms with van der Waals surface area (Å²) in [6, 6.07) is 12.7. The first-order valence-corrected chi connectivity index (χ1v) is 8.99. The van der Waals surface area contributed by atoms with E-state index >= 15 is 0 Å². The minimum absolute atomic E-state index is 0.0328. The summed E-state index contributed by atoms with van der Waals surface area (Å²) in [4.78, 5) is 32.6. The number of pyridine rings is 1. The van der Waals surface area contributed by atoms with Crippen LogP contribution in [0.5, 0.6) is 0 Å². The fourth-order valence-corrected chi connectivity index (χ4v) is 3.67. The van der Waals surface area contributed by atoms with Crippen molar-refractivity contribution in [3.05, 3.63) is 65.5 Å². The summed E-state index contributed by atoms with van der Waals surface area (Å²) in [7, 11) is 0. The van der Waals surface area contributed by atoms with Crippen molar-refractivity contribution >= 4 is 11.8 Å². The predicted octanol–water partition coefficient (Wildman–Crippen LogP) is 1.94. The van der Waals surface area contributed by atoms with Crippen LogP contribution in [0, 0.1) is 0 Å². The summed E-state index contributed by atoms with van der Waals surface area (Å²) in [5, 5.41) is 8.68. The Morgan fingerprint density at radius 2 is 1.78 bits per heavy atom. The van der Waals surface area contributed by atoms with Crippen LogP contribution < -0.4 is 5.48 Å². The number of nitrogens with one attached hydrogen (secondary N) is 1. The highest BCUT2D eigenvalue weighted by Gasteiger charge is 2.33. The molecule has 2 amide bonds. The molecule has 0 radical (unpaired) electrons. The quantitative estimate of drug-likeness (QED) is 0.636. The lowest BCUT2D eigenvalue weighted by molar-refractivity contribution is 0.0263. The van der Waals surface area contributed by atoms with E-state index in [9.17, 15) is 9.59 Å². The zero-order chi connectivity index (χ0) is 19.4. The van der Waals surface area contributed by atoms with Gasteiger partial charge in [-0.15, -0.1) is 0 Å². The summed E-state index contributed by atoms with van der Waals surface area (Å²) in [5.74, 6) is -0.555. The molecule has 2 unspecified atom stereocenters. The number of hydroxylamine groups is 1. The van der Waals surface area contributed by atoms with Gasteiger partial charge in [0.15, 0.2) is 0 Å². The van der Waals surface area contributed by atoms with E-state index in [4.69, 9.17) is 5.21 Å². The number of aromatic nitrogens is 1. The molecule has 0 aliphatic carbocycles. The predicted molar refractivity (Wildman–Crippen MR) is 100 cm³/mol. The molecular formula is C20H24N4O3. The van der Waals surface area contributed by atoms with Crippen LogP contribution in [0.25, 0.3) is 0 Å². The molecule has 0 spiro atoms. The van der Waals surface area contributed by atoms with Crippen LogP contribution in [0.4, 0.5) is 0 Å². The van der Waals surface area contributed by atoms with Gasteiger partial charge in [-0.1, -0.05) is 18.2 Å². The van der Waals surface area contributed by atoms with Crippen LogP contribution in [-0.4, -0.2) is 57.0 Å². The normalized spacial score (nSPS) is 20.3. The Balaban J connectivity index is 1.65. The maximum Gasteiger partial charge on any atom is 0.274 e. The van der Waals surface area contributed by atoms with Gasteiger partial charge in [0, 0.05) is 43.5 Å². The first-order chi connectivity index (χ1) is 13.0. The third kappa shape index (κ3) is 4.32. The third-order valence-corrected chi connectivity index (χ3v) is 4.84. The second-order valence-corrected chi connectivity index (χ2v) is 6.96. The first-order valence-electron chi connectivity index (χ1n) is 8.99. The molecule has 1 fully saturated rings. The molecule has 1 aromatic heterocycles. The number of amides is 2. The monoisotopic (exact) mass is 368 g/mol. The van der Waals surface area contributed by atoms with Gasteiger partial charge in [-0.25, -0.2) is 5.48 Å². The van der Waals surface area contributed by atoms with Gasteiger partial charge in [-0.3, -0.25) is 24.7 Å². The summed E-state index contributed by atoms with van der Waals surface area (Å²) in [5.41, 5.74) is 3.59. The van der Waals surface area contributed by atoms with Crippen molar-refractivity contribution in [1.82, 2.24) is 20.3 Å². The summed E-state index contributed by atoms with van der Waals surface area (Å²) >= 11 is 0. The topological polar surface area (TPSA) is 85.8 Å². The molecule has 2 heterocycles. The Morgan fingerprint density at radius 3 is 2.33 bits per heavy atom. The number of benzene rings is 1. The third-order valence-electron chi connectivity index (χ3n) is 4.84. The number of rotatable bonds is 4.